The van der Waals surface area contributed by atoms with Gasteiger partial charge in [-0.25, -0.2) is 0 Å². The van der Waals surface area contributed by atoms with E-state index in [0.717, 1.165) is 65.1 Å². The summed E-state index contributed by atoms with van der Waals surface area (Å²) in [6, 6.07) is 10.1. The fourth-order valence-electron chi connectivity index (χ4n) is 4.06. The van der Waals surface area contributed by atoms with Crippen molar-refractivity contribution in [1.82, 2.24) is 19.3 Å². The number of aryl methyl sites for hydroxylation is 2. The molecule has 0 N–H and O–H groups in total. The Morgan fingerprint density at radius 1 is 1.23 bits per heavy atom. The van der Waals surface area contributed by atoms with Crippen molar-refractivity contribution in [1.29, 1.82) is 0 Å². The lowest BCUT2D eigenvalue weighted by Crippen LogP contribution is -2.17. The number of thioether (sulfide) groups is 1. The van der Waals surface area contributed by atoms with Crippen molar-refractivity contribution < 1.29 is 9.53 Å². The van der Waals surface area contributed by atoms with E-state index in [1.807, 2.05) is 42.8 Å². The van der Waals surface area contributed by atoms with Crippen LogP contribution in [0.5, 0.6) is 0 Å². The number of aromatic nitrogens is 4. The van der Waals surface area contributed by atoms with Crippen LogP contribution in [0.3, 0.4) is 0 Å². The van der Waals surface area contributed by atoms with Gasteiger partial charge in [-0.1, -0.05) is 36.0 Å². The van der Waals surface area contributed by atoms with Gasteiger partial charge < -0.3 is 13.9 Å². The van der Waals surface area contributed by atoms with Gasteiger partial charge in [-0.2, -0.15) is 0 Å². The molecule has 0 saturated carbocycles. The minimum absolute atomic E-state index is 0.118. The molecule has 1 saturated heterocycles. The highest BCUT2D eigenvalue weighted by Gasteiger charge is 2.22. The number of carbonyl (C=O) groups excluding carboxylic acids is 1. The molecule has 1 aliphatic heterocycles. The van der Waals surface area contributed by atoms with Crippen LogP contribution in [0.15, 0.2) is 35.5 Å². The highest BCUT2D eigenvalue weighted by molar-refractivity contribution is 7.99. The molecule has 0 aliphatic carbocycles. The first-order valence-electron chi connectivity index (χ1n) is 10.4. The third kappa shape index (κ3) is 4.09. The molecule has 0 radical (unpaired) electrons. The molecule has 1 aliphatic rings. The van der Waals surface area contributed by atoms with Crippen LogP contribution in [0.1, 0.15) is 40.2 Å². The summed E-state index contributed by atoms with van der Waals surface area (Å²) in [5.74, 6) is 1.27. The van der Waals surface area contributed by atoms with Crippen LogP contribution in [-0.4, -0.2) is 43.6 Å². The van der Waals surface area contributed by atoms with Crippen molar-refractivity contribution in [2.75, 3.05) is 12.4 Å². The lowest BCUT2D eigenvalue weighted by Gasteiger charge is -2.14. The van der Waals surface area contributed by atoms with E-state index in [1.165, 1.54) is 11.8 Å². The monoisotopic (exact) mass is 424 g/mol. The van der Waals surface area contributed by atoms with Crippen LogP contribution in [0.25, 0.3) is 11.4 Å². The predicted octanol–water partition coefficient (Wildman–Crippen LogP) is 4.36. The number of nitrogens with zero attached hydrogens (tertiary/aromatic N) is 4. The van der Waals surface area contributed by atoms with Crippen LogP contribution in [0.4, 0.5) is 0 Å². The summed E-state index contributed by atoms with van der Waals surface area (Å²) in [6.07, 6.45) is 2.46. The molecule has 7 heteroatoms. The van der Waals surface area contributed by atoms with Gasteiger partial charge in [0, 0.05) is 42.7 Å². The van der Waals surface area contributed by atoms with E-state index >= 15 is 0 Å². The predicted molar refractivity (Wildman–Crippen MR) is 119 cm³/mol. The Kier molecular flexibility index (Phi) is 6.11. The second-order valence-corrected chi connectivity index (χ2v) is 8.86. The quantitative estimate of drug-likeness (QED) is 0.416. The highest BCUT2D eigenvalue weighted by Crippen LogP contribution is 2.26. The van der Waals surface area contributed by atoms with Gasteiger partial charge in [0.15, 0.2) is 16.8 Å². The molecular formula is C23H28N4O2S. The van der Waals surface area contributed by atoms with Crippen molar-refractivity contribution in [3.05, 3.63) is 52.8 Å². The van der Waals surface area contributed by atoms with E-state index in [9.17, 15) is 4.79 Å². The number of carbonyl (C=O) groups is 1. The molecule has 3 aromatic rings. The maximum absolute atomic E-state index is 13.0. The third-order valence-corrected chi connectivity index (χ3v) is 6.86. The van der Waals surface area contributed by atoms with E-state index in [4.69, 9.17) is 4.74 Å². The first kappa shape index (κ1) is 20.9. The van der Waals surface area contributed by atoms with E-state index in [0.29, 0.717) is 5.75 Å². The second-order valence-electron chi connectivity index (χ2n) is 7.92. The molecule has 30 heavy (non-hydrogen) atoms. The SMILES string of the molecule is Cc1ccccc1-c1nnc(SCC(=O)c2cc(C)n(CC3CCCO3)c2C)n1C. The zero-order chi connectivity index (χ0) is 21.3. The average Bonchev–Trinajstić information content (AvgIpc) is 3.44. The normalized spacial score (nSPS) is 16.3. The summed E-state index contributed by atoms with van der Waals surface area (Å²) < 4.78 is 9.95. The molecule has 4 rings (SSSR count). The summed E-state index contributed by atoms with van der Waals surface area (Å²) in [5, 5.41) is 9.41. The summed E-state index contributed by atoms with van der Waals surface area (Å²) in [5.41, 5.74) is 5.13. The first-order chi connectivity index (χ1) is 14.5. The van der Waals surface area contributed by atoms with Crippen molar-refractivity contribution >= 4 is 17.5 Å². The minimum atomic E-state index is 0.118. The van der Waals surface area contributed by atoms with Gasteiger partial charge in [-0.15, -0.1) is 10.2 Å². The topological polar surface area (TPSA) is 61.9 Å². The highest BCUT2D eigenvalue weighted by atomic mass is 32.2. The van der Waals surface area contributed by atoms with Crippen LogP contribution in [0, 0.1) is 20.8 Å². The Morgan fingerprint density at radius 3 is 2.77 bits per heavy atom. The Bertz CT molecular complexity index is 1060. The van der Waals surface area contributed by atoms with Crippen molar-refractivity contribution in [3.63, 3.8) is 0 Å². The van der Waals surface area contributed by atoms with Crippen molar-refractivity contribution in [2.45, 2.75) is 51.4 Å². The van der Waals surface area contributed by atoms with Gasteiger partial charge in [0.2, 0.25) is 0 Å². The molecule has 3 heterocycles. The molecule has 2 aromatic heterocycles. The fourth-order valence-corrected chi connectivity index (χ4v) is 4.86. The summed E-state index contributed by atoms with van der Waals surface area (Å²) in [7, 11) is 1.95. The Hall–Kier alpha value is -2.38. The molecule has 0 amide bonds. The molecule has 6 nitrogen and oxygen atoms in total. The molecule has 0 spiro atoms. The summed E-state index contributed by atoms with van der Waals surface area (Å²) in [4.78, 5) is 13.0. The largest absolute Gasteiger partial charge is 0.376 e. The maximum atomic E-state index is 13.0. The first-order valence-corrected chi connectivity index (χ1v) is 11.3. The Labute approximate surface area is 181 Å². The fraction of sp³-hybridized carbons (Fsp3) is 0.435. The Balaban J connectivity index is 1.46. The standard InChI is InChI=1S/C23H28N4O2S/c1-15-8-5-6-10-19(15)22-24-25-23(26(22)4)30-14-21(28)20-12-16(2)27(17(20)3)13-18-9-7-11-29-18/h5-6,8,10,12,18H,7,9,11,13-14H2,1-4H3. The van der Waals surface area contributed by atoms with Crippen LogP contribution < -0.4 is 0 Å². The van der Waals surface area contributed by atoms with Crippen LogP contribution >= 0.6 is 11.8 Å². The summed E-state index contributed by atoms with van der Waals surface area (Å²) >= 11 is 1.43. The minimum Gasteiger partial charge on any atom is -0.376 e. The number of rotatable bonds is 7. The Morgan fingerprint density at radius 2 is 2.03 bits per heavy atom. The van der Waals surface area contributed by atoms with E-state index in [-0.39, 0.29) is 11.9 Å². The van der Waals surface area contributed by atoms with Gasteiger partial charge >= 0.3 is 0 Å². The molecule has 158 valence electrons. The lowest BCUT2D eigenvalue weighted by atomic mass is 10.1. The maximum Gasteiger partial charge on any atom is 0.191 e. The van der Waals surface area contributed by atoms with Crippen molar-refractivity contribution in [3.8, 4) is 11.4 Å². The molecule has 0 bridgehead atoms. The smallest absolute Gasteiger partial charge is 0.191 e. The van der Waals surface area contributed by atoms with E-state index in [1.54, 1.807) is 0 Å². The number of ketones is 1. The van der Waals surface area contributed by atoms with E-state index in [2.05, 4.69) is 34.7 Å². The van der Waals surface area contributed by atoms with Gasteiger partial charge in [-0.3, -0.25) is 4.79 Å². The third-order valence-electron chi connectivity index (χ3n) is 5.84. The number of ether oxygens (including phenoxy) is 1. The summed E-state index contributed by atoms with van der Waals surface area (Å²) in [6.45, 7) is 7.81. The van der Waals surface area contributed by atoms with Gasteiger partial charge in [0.1, 0.15) is 0 Å². The molecule has 1 unspecified atom stereocenters. The molecular weight excluding hydrogens is 396 g/mol. The molecule has 1 fully saturated rings. The molecule has 1 aromatic carbocycles. The lowest BCUT2D eigenvalue weighted by molar-refractivity contribution is 0.0957. The second kappa shape index (κ2) is 8.78. The average molecular weight is 425 g/mol. The zero-order valence-electron chi connectivity index (χ0n) is 18.0. The number of hydrogen-bond donors (Lipinski definition) is 0. The van der Waals surface area contributed by atoms with Crippen molar-refractivity contribution in [2.24, 2.45) is 7.05 Å². The molecule has 1 atom stereocenters. The van der Waals surface area contributed by atoms with Crippen LogP contribution in [0.2, 0.25) is 0 Å². The zero-order valence-corrected chi connectivity index (χ0v) is 18.8. The van der Waals surface area contributed by atoms with Gasteiger partial charge in [-0.05, 0) is 45.2 Å². The van der Waals surface area contributed by atoms with Gasteiger partial charge in [0.05, 0.1) is 11.9 Å². The van der Waals surface area contributed by atoms with E-state index < -0.39 is 0 Å². The van der Waals surface area contributed by atoms with Gasteiger partial charge in [0.25, 0.3) is 0 Å². The number of benzene rings is 1. The number of hydrogen-bond acceptors (Lipinski definition) is 5. The number of Topliss-reactive ketones (excluding diaryl/α,β-unsaturated/α-hetero) is 1. The van der Waals surface area contributed by atoms with Crippen LogP contribution in [-0.2, 0) is 18.3 Å².